The quantitative estimate of drug-likeness (QED) is 0.504. The number of benzene rings is 2. The molecule has 0 radical (unpaired) electrons. The Morgan fingerprint density at radius 2 is 1.70 bits per heavy atom. The van der Waals surface area contributed by atoms with Gasteiger partial charge in [-0.25, -0.2) is 4.79 Å². The van der Waals surface area contributed by atoms with Crippen LogP contribution in [0.25, 0.3) is 11.0 Å². The predicted molar refractivity (Wildman–Crippen MR) is 119 cm³/mol. The molecule has 1 amide bonds. The molecule has 0 aliphatic carbocycles. The number of rotatable bonds is 7. The molecule has 1 atom stereocenters. The Bertz CT molecular complexity index is 983. The molecular formula is C25H31NO4. The Hall–Kier alpha value is -2.95. The minimum absolute atomic E-state index is 0.278. The lowest BCUT2D eigenvalue weighted by Crippen LogP contribution is -2.33. The maximum absolute atomic E-state index is 12.0. The predicted octanol–water partition coefficient (Wildman–Crippen LogP) is 6.20. The van der Waals surface area contributed by atoms with Crippen LogP contribution in [0.2, 0.25) is 0 Å². The number of amides is 1. The van der Waals surface area contributed by atoms with Gasteiger partial charge < -0.3 is 19.2 Å². The molecular weight excluding hydrogens is 378 g/mol. The smallest absolute Gasteiger partial charge is 0.408 e. The molecule has 0 aliphatic heterocycles. The highest BCUT2D eigenvalue weighted by Gasteiger charge is 2.20. The van der Waals surface area contributed by atoms with E-state index in [9.17, 15) is 4.79 Å². The molecule has 5 heteroatoms. The van der Waals surface area contributed by atoms with Crippen LogP contribution in [0.1, 0.15) is 57.5 Å². The molecule has 0 aliphatic rings. The minimum Gasteiger partial charge on any atom is -0.494 e. The van der Waals surface area contributed by atoms with Crippen molar-refractivity contribution in [2.45, 2.75) is 59.1 Å². The van der Waals surface area contributed by atoms with Gasteiger partial charge in [0.25, 0.3) is 0 Å². The van der Waals surface area contributed by atoms with Crippen LogP contribution < -0.4 is 10.1 Å². The van der Waals surface area contributed by atoms with Gasteiger partial charge in [-0.05, 0) is 82.9 Å². The van der Waals surface area contributed by atoms with Gasteiger partial charge in [0.1, 0.15) is 22.7 Å². The zero-order chi connectivity index (χ0) is 21.7. The SMILES string of the molecule is CCOc1ccc(CCc2ccc3cc(C(C)NC(=O)OC(C)(C)C)oc3c2)cc1. The number of carbonyl (C=O) groups is 1. The molecule has 0 bridgehead atoms. The number of nitrogens with one attached hydrogen (secondary N) is 1. The van der Waals surface area contributed by atoms with Gasteiger partial charge in [0.05, 0.1) is 12.6 Å². The highest BCUT2D eigenvalue weighted by Crippen LogP contribution is 2.26. The molecule has 1 heterocycles. The summed E-state index contributed by atoms with van der Waals surface area (Å²) in [6.45, 7) is 10.1. The molecule has 1 N–H and O–H groups in total. The van der Waals surface area contributed by atoms with E-state index in [1.54, 1.807) is 0 Å². The summed E-state index contributed by atoms with van der Waals surface area (Å²) in [5.74, 6) is 1.61. The van der Waals surface area contributed by atoms with Crippen molar-refractivity contribution in [1.82, 2.24) is 5.32 Å². The fraction of sp³-hybridized carbons (Fsp3) is 0.400. The Morgan fingerprint density at radius 3 is 2.37 bits per heavy atom. The largest absolute Gasteiger partial charge is 0.494 e. The molecule has 1 aromatic heterocycles. The van der Waals surface area contributed by atoms with Gasteiger partial charge in [0.2, 0.25) is 0 Å². The van der Waals surface area contributed by atoms with Crippen LogP contribution in [0.15, 0.2) is 52.9 Å². The summed E-state index contributed by atoms with van der Waals surface area (Å²) < 4.78 is 16.8. The van der Waals surface area contributed by atoms with E-state index in [4.69, 9.17) is 13.9 Å². The van der Waals surface area contributed by atoms with Gasteiger partial charge in [-0.2, -0.15) is 0 Å². The van der Waals surface area contributed by atoms with Gasteiger partial charge in [0.15, 0.2) is 0 Å². The highest BCUT2D eigenvalue weighted by molar-refractivity contribution is 5.79. The lowest BCUT2D eigenvalue weighted by atomic mass is 10.0. The molecule has 0 spiro atoms. The zero-order valence-electron chi connectivity index (χ0n) is 18.5. The van der Waals surface area contributed by atoms with Gasteiger partial charge in [-0.3, -0.25) is 0 Å². The van der Waals surface area contributed by atoms with Crippen LogP contribution in [0.3, 0.4) is 0 Å². The Balaban J connectivity index is 1.63. The molecule has 1 unspecified atom stereocenters. The first-order valence-electron chi connectivity index (χ1n) is 10.5. The number of alkyl carbamates (subject to hydrolysis) is 1. The first kappa shape index (κ1) is 21.8. The van der Waals surface area contributed by atoms with Crippen molar-refractivity contribution in [2.75, 3.05) is 6.61 Å². The van der Waals surface area contributed by atoms with Crippen molar-refractivity contribution in [3.8, 4) is 5.75 Å². The van der Waals surface area contributed by atoms with Crippen molar-refractivity contribution in [3.63, 3.8) is 0 Å². The van der Waals surface area contributed by atoms with Crippen molar-refractivity contribution < 1.29 is 18.7 Å². The van der Waals surface area contributed by atoms with Crippen LogP contribution in [0, 0.1) is 0 Å². The van der Waals surface area contributed by atoms with E-state index in [0.29, 0.717) is 12.4 Å². The molecule has 3 aromatic rings. The summed E-state index contributed by atoms with van der Waals surface area (Å²) in [5, 5.41) is 3.84. The highest BCUT2D eigenvalue weighted by atomic mass is 16.6. The lowest BCUT2D eigenvalue weighted by Gasteiger charge is -2.21. The average molecular weight is 410 g/mol. The van der Waals surface area contributed by atoms with E-state index >= 15 is 0 Å². The van der Waals surface area contributed by atoms with Crippen molar-refractivity contribution in [1.29, 1.82) is 0 Å². The van der Waals surface area contributed by atoms with Gasteiger partial charge in [0, 0.05) is 5.39 Å². The Kier molecular flexibility index (Phi) is 6.70. The molecule has 5 nitrogen and oxygen atoms in total. The Labute approximate surface area is 178 Å². The topological polar surface area (TPSA) is 60.7 Å². The maximum Gasteiger partial charge on any atom is 0.408 e. The molecule has 3 rings (SSSR count). The summed E-state index contributed by atoms with van der Waals surface area (Å²) in [4.78, 5) is 12.0. The van der Waals surface area contributed by atoms with Gasteiger partial charge >= 0.3 is 6.09 Å². The van der Waals surface area contributed by atoms with Crippen LogP contribution in [0.5, 0.6) is 5.75 Å². The lowest BCUT2D eigenvalue weighted by molar-refractivity contribution is 0.0502. The van der Waals surface area contributed by atoms with Gasteiger partial charge in [-0.1, -0.05) is 24.3 Å². The fourth-order valence-electron chi connectivity index (χ4n) is 3.23. The summed E-state index contributed by atoms with van der Waals surface area (Å²) in [6.07, 6.45) is 1.42. The normalized spacial score (nSPS) is 12.6. The number of ether oxygens (including phenoxy) is 2. The van der Waals surface area contributed by atoms with Crippen molar-refractivity contribution in [3.05, 3.63) is 65.4 Å². The third kappa shape index (κ3) is 6.02. The van der Waals surface area contributed by atoms with E-state index in [1.807, 2.05) is 52.8 Å². The summed E-state index contributed by atoms with van der Waals surface area (Å²) in [7, 11) is 0. The molecule has 0 saturated heterocycles. The molecule has 30 heavy (non-hydrogen) atoms. The van der Waals surface area contributed by atoms with Crippen LogP contribution in [-0.4, -0.2) is 18.3 Å². The fourth-order valence-corrected chi connectivity index (χ4v) is 3.23. The van der Waals surface area contributed by atoms with E-state index < -0.39 is 11.7 Å². The number of hydrogen-bond acceptors (Lipinski definition) is 4. The summed E-state index contributed by atoms with van der Waals surface area (Å²) >= 11 is 0. The van der Waals surface area contributed by atoms with Crippen LogP contribution in [0.4, 0.5) is 4.79 Å². The molecule has 160 valence electrons. The first-order valence-corrected chi connectivity index (χ1v) is 10.5. The second kappa shape index (κ2) is 9.24. The number of hydrogen-bond donors (Lipinski definition) is 1. The van der Waals surface area contributed by atoms with Crippen LogP contribution in [-0.2, 0) is 17.6 Å². The van der Waals surface area contributed by atoms with Crippen LogP contribution >= 0.6 is 0 Å². The number of aryl methyl sites for hydroxylation is 2. The summed E-state index contributed by atoms with van der Waals surface area (Å²) in [6, 6.07) is 16.2. The average Bonchev–Trinajstić information content (AvgIpc) is 3.10. The van der Waals surface area contributed by atoms with Crippen molar-refractivity contribution in [2.24, 2.45) is 0 Å². The number of fused-ring (bicyclic) bond motifs is 1. The Morgan fingerprint density at radius 1 is 1.03 bits per heavy atom. The monoisotopic (exact) mass is 409 g/mol. The minimum atomic E-state index is -0.532. The second-order valence-corrected chi connectivity index (χ2v) is 8.47. The van der Waals surface area contributed by atoms with E-state index in [0.717, 1.165) is 29.6 Å². The van der Waals surface area contributed by atoms with E-state index in [-0.39, 0.29) is 6.04 Å². The second-order valence-electron chi connectivity index (χ2n) is 8.47. The standard InChI is InChI=1S/C25H31NO4/c1-6-28-21-13-10-18(11-14-21)7-8-19-9-12-20-16-22(29-23(20)15-19)17(2)26-24(27)30-25(3,4)5/h9-17H,6-8H2,1-5H3,(H,26,27). The third-order valence-corrected chi connectivity index (χ3v) is 4.70. The molecule has 2 aromatic carbocycles. The maximum atomic E-state index is 12.0. The van der Waals surface area contributed by atoms with E-state index in [2.05, 4.69) is 35.6 Å². The van der Waals surface area contributed by atoms with Crippen molar-refractivity contribution >= 4 is 17.1 Å². The number of carbonyl (C=O) groups excluding carboxylic acids is 1. The third-order valence-electron chi connectivity index (χ3n) is 4.70. The molecule has 0 saturated carbocycles. The molecule has 0 fully saturated rings. The van der Waals surface area contributed by atoms with E-state index in [1.165, 1.54) is 11.1 Å². The first-order chi connectivity index (χ1) is 14.2. The van der Waals surface area contributed by atoms with Gasteiger partial charge in [-0.15, -0.1) is 0 Å². The number of furan rings is 1. The zero-order valence-corrected chi connectivity index (χ0v) is 18.5. The summed E-state index contributed by atoms with van der Waals surface area (Å²) in [5.41, 5.74) is 2.78.